The van der Waals surface area contributed by atoms with E-state index in [0.717, 1.165) is 10.3 Å². The van der Waals surface area contributed by atoms with Crippen molar-refractivity contribution in [2.75, 3.05) is 12.4 Å². The van der Waals surface area contributed by atoms with E-state index >= 15 is 0 Å². The molecule has 4 nitrogen and oxygen atoms in total. The standard InChI is InChI=1S/C8H13N3O/c1-5-4-6(2)11(12)8(9)7(5)10-3/h4,9-10,12H,1-3H3. The quantitative estimate of drug-likeness (QED) is 0.543. The number of aryl methyl sites for hydroxylation is 2. The molecule has 1 aromatic heterocycles. The molecule has 12 heavy (non-hydrogen) atoms. The van der Waals surface area contributed by atoms with Gasteiger partial charge in [-0.05, 0) is 25.5 Å². The minimum Gasteiger partial charge on any atom is -0.427 e. The van der Waals surface area contributed by atoms with Gasteiger partial charge >= 0.3 is 0 Å². The van der Waals surface area contributed by atoms with Crippen LogP contribution in [-0.4, -0.2) is 17.0 Å². The molecule has 0 saturated carbocycles. The van der Waals surface area contributed by atoms with Crippen LogP contribution in [0.5, 0.6) is 0 Å². The summed E-state index contributed by atoms with van der Waals surface area (Å²) in [6.45, 7) is 3.65. The maximum absolute atomic E-state index is 9.33. The zero-order valence-electron chi connectivity index (χ0n) is 7.47. The van der Waals surface area contributed by atoms with E-state index in [9.17, 15) is 5.21 Å². The Morgan fingerprint density at radius 1 is 1.50 bits per heavy atom. The van der Waals surface area contributed by atoms with Gasteiger partial charge in [-0.25, -0.2) is 0 Å². The molecule has 0 unspecified atom stereocenters. The van der Waals surface area contributed by atoms with E-state index in [0.29, 0.717) is 11.4 Å². The number of hydrogen-bond donors (Lipinski definition) is 3. The van der Waals surface area contributed by atoms with E-state index in [1.807, 2.05) is 13.0 Å². The highest BCUT2D eigenvalue weighted by Gasteiger charge is 2.03. The first kappa shape index (κ1) is 8.64. The Morgan fingerprint density at radius 2 is 2.08 bits per heavy atom. The summed E-state index contributed by atoms with van der Waals surface area (Å²) in [6.07, 6.45) is 0. The summed E-state index contributed by atoms with van der Waals surface area (Å²) in [5.74, 6) is 0. The summed E-state index contributed by atoms with van der Waals surface area (Å²) in [5.41, 5.74) is 2.37. The molecule has 4 heteroatoms. The maximum Gasteiger partial charge on any atom is 0.184 e. The van der Waals surface area contributed by atoms with Crippen LogP contribution in [0.3, 0.4) is 0 Å². The molecule has 0 saturated heterocycles. The van der Waals surface area contributed by atoms with Gasteiger partial charge in [0, 0.05) is 7.05 Å². The lowest BCUT2D eigenvalue weighted by atomic mass is 10.2. The van der Waals surface area contributed by atoms with Crippen LogP contribution in [-0.2, 0) is 0 Å². The minimum absolute atomic E-state index is 0.0926. The van der Waals surface area contributed by atoms with Crippen molar-refractivity contribution < 1.29 is 5.21 Å². The Bertz CT molecular complexity index is 354. The summed E-state index contributed by atoms with van der Waals surface area (Å²) in [4.78, 5) is 0. The smallest absolute Gasteiger partial charge is 0.184 e. The molecule has 0 atom stereocenters. The zero-order chi connectivity index (χ0) is 9.30. The molecule has 3 N–H and O–H groups in total. The highest BCUT2D eigenvalue weighted by molar-refractivity contribution is 5.47. The fraction of sp³-hybridized carbons (Fsp3) is 0.375. The normalized spacial score (nSPS) is 9.92. The van der Waals surface area contributed by atoms with E-state index in [1.165, 1.54) is 0 Å². The number of nitrogens with zero attached hydrogens (tertiary/aromatic N) is 1. The van der Waals surface area contributed by atoms with Gasteiger partial charge in [0.2, 0.25) is 0 Å². The summed E-state index contributed by atoms with van der Waals surface area (Å²) in [5, 5.41) is 19.7. The van der Waals surface area contributed by atoms with E-state index in [2.05, 4.69) is 5.32 Å². The Kier molecular flexibility index (Phi) is 2.08. The van der Waals surface area contributed by atoms with E-state index in [4.69, 9.17) is 5.41 Å². The highest BCUT2D eigenvalue weighted by atomic mass is 16.5. The molecule has 0 fully saturated rings. The lowest BCUT2D eigenvalue weighted by Gasteiger charge is -2.09. The molecule has 0 aliphatic rings. The van der Waals surface area contributed by atoms with Crippen molar-refractivity contribution in [3.05, 3.63) is 22.8 Å². The third-order valence-corrected chi connectivity index (χ3v) is 1.85. The van der Waals surface area contributed by atoms with Gasteiger partial charge in [-0.3, -0.25) is 5.41 Å². The van der Waals surface area contributed by atoms with Crippen molar-refractivity contribution in [2.45, 2.75) is 13.8 Å². The molecule has 0 aliphatic carbocycles. The van der Waals surface area contributed by atoms with Gasteiger partial charge in [-0.1, -0.05) is 0 Å². The van der Waals surface area contributed by atoms with Crippen LogP contribution in [0.2, 0.25) is 0 Å². The van der Waals surface area contributed by atoms with E-state index in [1.54, 1.807) is 14.0 Å². The lowest BCUT2D eigenvalue weighted by Crippen LogP contribution is -2.23. The molecule has 1 heterocycles. The third-order valence-electron chi connectivity index (χ3n) is 1.85. The maximum atomic E-state index is 9.33. The van der Waals surface area contributed by atoms with Crippen molar-refractivity contribution in [3.8, 4) is 0 Å². The van der Waals surface area contributed by atoms with Crippen LogP contribution >= 0.6 is 0 Å². The first-order chi connectivity index (χ1) is 5.57. The van der Waals surface area contributed by atoms with Crippen molar-refractivity contribution in [3.63, 3.8) is 0 Å². The second-order valence-electron chi connectivity index (χ2n) is 2.75. The van der Waals surface area contributed by atoms with Gasteiger partial charge in [-0.15, -0.1) is 0 Å². The molecule has 1 aromatic rings. The first-order valence-corrected chi connectivity index (χ1v) is 3.72. The Morgan fingerprint density at radius 3 is 2.58 bits per heavy atom. The number of pyridine rings is 1. The van der Waals surface area contributed by atoms with Crippen LogP contribution in [0.25, 0.3) is 0 Å². The number of anilines is 1. The second kappa shape index (κ2) is 2.89. The molecule has 0 spiro atoms. The number of aromatic nitrogens is 1. The summed E-state index contributed by atoms with van der Waals surface area (Å²) in [7, 11) is 1.73. The Hall–Kier alpha value is -1.45. The average molecular weight is 167 g/mol. The topological polar surface area (TPSA) is 61.0 Å². The molecule has 0 aromatic carbocycles. The number of hydrogen-bond acceptors (Lipinski definition) is 3. The van der Waals surface area contributed by atoms with Crippen molar-refractivity contribution >= 4 is 5.69 Å². The summed E-state index contributed by atoms with van der Waals surface area (Å²) < 4.78 is 0.860. The second-order valence-corrected chi connectivity index (χ2v) is 2.75. The fourth-order valence-electron chi connectivity index (χ4n) is 1.23. The molecule has 0 bridgehead atoms. The van der Waals surface area contributed by atoms with Crippen molar-refractivity contribution in [1.82, 2.24) is 4.73 Å². The minimum atomic E-state index is 0.0926. The predicted molar refractivity (Wildman–Crippen MR) is 46.5 cm³/mol. The Labute approximate surface area is 70.9 Å². The van der Waals surface area contributed by atoms with Crippen LogP contribution in [0.1, 0.15) is 11.3 Å². The third kappa shape index (κ3) is 1.15. The molecule has 0 aliphatic heterocycles. The van der Waals surface area contributed by atoms with Crippen LogP contribution in [0, 0.1) is 19.3 Å². The van der Waals surface area contributed by atoms with Gasteiger partial charge in [0.05, 0.1) is 11.4 Å². The molecule has 1 rings (SSSR count). The van der Waals surface area contributed by atoms with E-state index < -0.39 is 0 Å². The monoisotopic (exact) mass is 167 g/mol. The first-order valence-electron chi connectivity index (χ1n) is 3.72. The molecule has 0 amide bonds. The SMILES string of the molecule is CNc1c(C)cc(C)n(O)c1=N. The number of rotatable bonds is 1. The van der Waals surface area contributed by atoms with Gasteiger partial charge < -0.3 is 10.5 Å². The van der Waals surface area contributed by atoms with Gasteiger partial charge in [-0.2, -0.15) is 4.73 Å². The van der Waals surface area contributed by atoms with Gasteiger partial charge in [0.1, 0.15) is 0 Å². The van der Waals surface area contributed by atoms with Crippen molar-refractivity contribution in [2.24, 2.45) is 0 Å². The summed E-state index contributed by atoms with van der Waals surface area (Å²) in [6, 6.07) is 1.82. The van der Waals surface area contributed by atoms with Crippen LogP contribution in [0.15, 0.2) is 6.07 Å². The van der Waals surface area contributed by atoms with Gasteiger partial charge in [0.25, 0.3) is 0 Å². The molecule has 66 valence electrons. The molecular formula is C8H13N3O. The largest absolute Gasteiger partial charge is 0.427 e. The van der Waals surface area contributed by atoms with E-state index in [-0.39, 0.29) is 5.49 Å². The predicted octanol–water partition coefficient (Wildman–Crippen LogP) is 0.863. The van der Waals surface area contributed by atoms with Gasteiger partial charge in [0.15, 0.2) is 5.49 Å². The molecule has 0 radical (unpaired) electrons. The summed E-state index contributed by atoms with van der Waals surface area (Å²) >= 11 is 0. The fourth-order valence-corrected chi connectivity index (χ4v) is 1.23. The van der Waals surface area contributed by atoms with Crippen LogP contribution in [0.4, 0.5) is 5.69 Å². The Balaban J connectivity index is 3.52. The van der Waals surface area contributed by atoms with Crippen LogP contribution < -0.4 is 10.8 Å². The molecular weight excluding hydrogens is 154 g/mol. The highest BCUT2D eigenvalue weighted by Crippen LogP contribution is 2.08. The number of nitrogens with one attached hydrogen (secondary N) is 2. The lowest BCUT2D eigenvalue weighted by molar-refractivity contribution is 0.164. The zero-order valence-corrected chi connectivity index (χ0v) is 7.47. The average Bonchev–Trinajstić information content (AvgIpc) is 2.01. The van der Waals surface area contributed by atoms with Crippen molar-refractivity contribution in [1.29, 1.82) is 5.41 Å².